The molecule has 6 rings (SSSR count). The molecule has 5 aliphatic heterocycles. The smallest absolute Gasteiger partial charge is 0.347 e. The standard InChI is InChI=1S/C22H26N8O7/c23-19-27-17-11(8-29-14(31)4-5-15(29)32)25-20(24)30-9-13(22(34,35)21(17,30)28-19)26-18(33)10-2-1-3-12-16(10)37-7-6-36-12/h1-3,11,13,17,34-35H,4-9H2,(H6,23,24,25,26,27,28,33)/p+2/t11-,13?,17-,21?/m0/s1. The van der Waals surface area contributed by atoms with Crippen molar-refractivity contribution >= 4 is 29.6 Å². The van der Waals surface area contributed by atoms with E-state index >= 15 is 0 Å². The van der Waals surface area contributed by atoms with E-state index in [-0.39, 0.29) is 67.6 Å². The lowest BCUT2D eigenvalue weighted by molar-refractivity contribution is -0.674. The highest BCUT2D eigenvalue weighted by molar-refractivity contribution is 6.02. The Kier molecular flexibility index (Phi) is 5.00. The number of carbonyl (C=O) groups is 3. The normalized spacial score (nSPS) is 31.4. The number of likely N-dealkylation sites (tertiary alicyclic amines) is 1. The predicted molar refractivity (Wildman–Crippen MR) is 123 cm³/mol. The van der Waals surface area contributed by atoms with Gasteiger partial charge in [-0.05, 0) is 12.1 Å². The summed E-state index contributed by atoms with van der Waals surface area (Å²) in [6, 6.07) is 2.04. The monoisotopic (exact) mass is 516 g/mol. The minimum absolute atomic E-state index is 0.0395. The molecule has 4 atom stereocenters. The lowest BCUT2D eigenvalue weighted by atomic mass is 9.85. The number of nitrogens with two attached hydrogens (primary N) is 2. The molecule has 1 spiro atoms. The Morgan fingerprint density at radius 1 is 1.22 bits per heavy atom. The van der Waals surface area contributed by atoms with Gasteiger partial charge in [0.2, 0.25) is 11.8 Å². The SMILES string of the molecule is NC1=[NH+][C@H]2[C@H](CN3C(=O)CCC3=O)NC(N)=[N+]3CC(NC(=O)c4cccc5c4OCCO5)C(O)(O)C23N1. The van der Waals surface area contributed by atoms with E-state index in [0.717, 1.165) is 4.90 Å². The van der Waals surface area contributed by atoms with Crippen LogP contribution in [0.5, 0.6) is 11.5 Å². The summed E-state index contributed by atoms with van der Waals surface area (Å²) in [5.74, 6) is -3.08. The molecule has 1 aromatic rings. The average Bonchev–Trinajstić information content (AvgIpc) is 3.46. The molecular weight excluding hydrogens is 488 g/mol. The van der Waals surface area contributed by atoms with Gasteiger partial charge in [-0.3, -0.25) is 41.1 Å². The molecule has 2 fully saturated rings. The van der Waals surface area contributed by atoms with Crippen molar-refractivity contribution in [3.05, 3.63) is 23.8 Å². The number of imide groups is 1. The zero-order valence-electron chi connectivity index (χ0n) is 19.7. The van der Waals surface area contributed by atoms with Gasteiger partial charge < -0.3 is 25.0 Å². The third kappa shape index (κ3) is 3.23. The van der Waals surface area contributed by atoms with Crippen LogP contribution in [-0.2, 0) is 9.59 Å². The molecule has 0 radical (unpaired) electrons. The van der Waals surface area contributed by atoms with Crippen LogP contribution in [0, 0.1) is 0 Å². The summed E-state index contributed by atoms with van der Waals surface area (Å²) in [6.07, 6.45) is 0.227. The van der Waals surface area contributed by atoms with Crippen LogP contribution < -0.4 is 41.9 Å². The summed E-state index contributed by atoms with van der Waals surface area (Å²) in [7, 11) is 0. The van der Waals surface area contributed by atoms with Crippen LogP contribution in [-0.4, -0.2) is 105 Å². The van der Waals surface area contributed by atoms with Crippen LogP contribution in [0.4, 0.5) is 0 Å². The third-order valence-electron chi connectivity index (χ3n) is 7.60. The maximum absolute atomic E-state index is 13.3. The van der Waals surface area contributed by atoms with Crippen molar-refractivity contribution in [2.45, 2.75) is 42.4 Å². The van der Waals surface area contributed by atoms with E-state index in [2.05, 4.69) is 20.9 Å². The summed E-state index contributed by atoms with van der Waals surface area (Å²) in [5.41, 5.74) is 10.8. The number of aliphatic hydroxyl groups is 2. The lowest BCUT2D eigenvalue weighted by Crippen LogP contribution is -2.92. The number of amides is 3. The van der Waals surface area contributed by atoms with Gasteiger partial charge in [-0.25, -0.2) is 9.89 Å². The zero-order valence-corrected chi connectivity index (χ0v) is 19.7. The van der Waals surface area contributed by atoms with Crippen LogP contribution in [0.3, 0.4) is 0 Å². The topological polar surface area (TPSA) is 218 Å². The Morgan fingerprint density at radius 3 is 2.70 bits per heavy atom. The van der Waals surface area contributed by atoms with E-state index in [1.54, 1.807) is 18.2 Å². The fraction of sp³-hybridized carbons (Fsp3) is 0.500. The second-order valence-electron chi connectivity index (χ2n) is 9.65. The summed E-state index contributed by atoms with van der Waals surface area (Å²) in [6.45, 7) is 0.455. The first kappa shape index (κ1) is 23.3. The van der Waals surface area contributed by atoms with Crippen molar-refractivity contribution in [2.75, 3.05) is 26.3 Å². The Bertz CT molecular complexity index is 1260. The van der Waals surface area contributed by atoms with Crippen LogP contribution in [0.25, 0.3) is 0 Å². The van der Waals surface area contributed by atoms with Gasteiger partial charge >= 0.3 is 11.9 Å². The second-order valence-corrected chi connectivity index (χ2v) is 9.65. The second kappa shape index (κ2) is 7.94. The van der Waals surface area contributed by atoms with Crippen molar-refractivity contribution < 1.29 is 43.6 Å². The van der Waals surface area contributed by atoms with Gasteiger partial charge in [0.15, 0.2) is 17.5 Å². The first-order valence-electron chi connectivity index (χ1n) is 11.9. The van der Waals surface area contributed by atoms with E-state index in [9.17, 15) is 24.6 Å². The molecule has 2 unspecified atom stereocenters. The number of hydrogen-bond donors (Lipinski definition) is 8. The maximum atomic E-state index is 13.3. The van der Waals surface area contributed by atoms with Crippen molar-refractivity contribution in [3.8, 4) is 11.5 Å². The molecule has 2 saturated heterocycles. The fourth-order valence-electron chi connectivity index (χ4n) is 5.91. The predicted octanol–water partition coefficient (Wildman–Crippen LogP) is -6.24. The minimum Gasteiger partial charge on any atom is -0.486 e. The van der Waals surface area contributed by atoms with E-state index in [0.29, 0.717) is 12.4 Å². The highest BCUT2D eigenvalue weighted by atomic mass is 16.6. The Labute approximate surface area is 210 Å². The molecule has 5 heterocycles. The van der Waals surface area contributed by atoms with Gasteiger partial charge in [0.1, 0.15) is 25.3 Å². The maximum Gasteiger partial charge on any atom is 0.347 e. The molecule has 0 saturated carbocycles. The molecule has 15 heteroatoms. The number of fused-ring (bicyclic) bond motifs is 1. The molecule has 0 aliphatic carbocycles. The number of benzene rings is 1. The summed E-state index contributed by atoms with van der Waals surface area (Å²) < 4.78 is 12.6. The number of carbonyl (C=O) groups excluding carboxylic acids is 3. The molecule has 3 amide bonds. The molecule has 196 valence electrons. The highest BCUT2D eigenvalue weighted by Gasteiger charge is 2.78. The van der Waals surface area contributed by atoms with Gasteiger partial charge in [0.25, 0.3) is 17.4 Å². The van der Waals surface area contributed by atoms with Crippen molar-refractivity contribution in [3.63, 3.8) is 0 Å². The first-order valence-corrected chi connectivity index (χ1v) is 11.9. The van der Waals surface area contributed by atoms with Gasteiger partial charge in [-0.15, -0.1) is 0 Å². The Balaban J connectivity index is 1.32. The quantitative estimate of drug-likeness (QED) is 0.107. The van der Waals surface area contributed by atoms with Gasteiger partial charge in [-0.2, -0.15) is 0 Å². The summed E-state index contributed by atoms with van der Waals surface area (Å²) in [4.78, 5) is 41.9. The largest absolute Gasteiger partial charge is 0.486 e. The number of rotatable bonds is 4. The van der Waals surface area contributed by atoms with Crippen molar-refractivity contribution in [1.29, 1.82) is 0 Å². The van der Waals surface area contributed by atoms with Crippen LogP contribution in [0.2, 0.25) is 0 Å². The molecular formula is C22H28N8O7+2. The minimum atomic E-state index is -2.61. The van der Waals surface area contributed by atoms with E-state index in [1.807, 2.05) is 0 Å². The first-order chi connectivity index (χ1) is 17.6. The number of nitrogens with one attached hydrogen (secondary N) is 4. The van der Waals surface area contributed by atoms with Crippen molar-refractivity contribution in [2.24, 2.45) is 11.5 Å². The molecule has 37 heavy (non-hydrogen) atoms. The Morgan fingerprint density at radius 2 is 1.95 bits per heavy atom. The number of hydrogen-bond acceptors (Lipinski definition) is 11. The van der Waals surface area contributed by atoms with Crippen LogP contribution in [0.15, 0.2) is 18.2 Å². The Hall–Kier alpha value is -4.11. The average molecular weight is 517 g/mol. The number of ether oxygens (including phenoxy) is 2. The zero-order chi connectivity index (χ0) is 26.1. The molecule has 5 aliphatic rings. The van der Waals surface area contributed by atoms with Crippen LogP contribution in [0.1, 0.15) is 23.2 Å². The van der Waals surface area contributed by atoms with Crippen LogP contribution >= 0.6 is 0 Å². The van der Waals surface area contributed by atoms with Crippen molar-refractivity contribution in [1.82, 2.24) is 20.9 Å². The number of para-hydroxylation sites is 1. The molecule has 10 N–H and O–H groups in total. The summed E-state index contributed by atoms with van der Waals surface area (Å²) >= 11 is 0. The van der Waals surface area contributed by atoms with E-state index < -0.39 is 35.5 Å². The van der Waals surface area contributed by atoms with E-state index in [4.69, 9.17) is 20.9 Å². The highest BCUT2D eigenvalue weighted by Crippen LogP contribution is 2.39. The molecule has 0 bridgehead atoms. The third-order valence-corrected chi connectivity index (χ3v) is 7.60. The van der Waals surface area contributed by atoms with E-state index in [1.165, 1.54) is 4.58 Å². The van der Waals surface area contributed by atoms with Gasteiger partial charge in [0, 0.05) is 12.8 Å². The van der Waals surface area contributed by atoms with Gasteiger partial charge in [-0.1, -0.05) is 6.07 Å². The van der Waals surface area contributed by atoms with Gasteiger partial charge in [0.05, 0.1) is 18.7 Å². The molecule has 15 nitrogen and oxygen atoms in total. The molecule has 0 aromatic heterocycles. The number of nitrogens with zero attached hydrogens (tertiary/aromatic N) is 2. The number of guanidine groups is 2. The lowest BCUT2D eigenvalue weighted by Gasteiger charge is -2.41. The molecule has 1 aromatic carbocycles. The summed E-state index contributed by atoms with van der Waals surface area (Å²) in [5, 5.41) is 31.8. The fourth-order valence-corrected chi connectivity index (χ4v) is 5.91.